The lowest BCUT2D eigenvalue weighted by Gasteiger charge is -2.10. The molecule has 0 amide bonds. The third kappa shape index (κ3) is 3.05. The van der Waals surface area contributed by atoms with Crippen LogP contribution in [0.4, 0.5) is 5.82 Å². The topological polar surface area (TPSA) is 81.9 Å². The lowest BCUT2D eigenvalue weighted by molar-refractivity contribution is 0.0526. The predicted molar refractivity (Wildman–Crippen MR) is 91.4 cm³/mol. The molecule has 7 nitrogen and oxygen atoms in total. The summed E-state index contributed by atoms with van der Waals surface area (Å²) >= 11 is 0. The van der Waals surface area contributed by atoms with Gasteiger partial charge in [-0.3, -0.25) is 4.57 Å². The van der Waals surface area contributed by atoms with Crippen molar-refractivity contribution in [2.24, 2.45) is 0 Å². The van der Waals surface area contributed by atoms with Crippen LogP contribution in [0, 0.1) is 0 Å². The molecule has 3 aromatic heterocycles. The molecule has 3 aromatic rings. The summed E-state index contributed by atoms with van der Waals surface area (Å²) in [5.74, 6) is 1.09. The average molecular weight is 325 g/mol. The highest BCUT2D eigenvalue weighted by atomic mass is 16.5. The Kier molecular flexibility index (Phi) is 4.41. The minimum atomic E-state index is -0.375. The number of aromatic nitrogens is 4. The van der Waals surface area contributed by atoms with Gasteiger partial charge in [0.2, 0.25) is 0 Å². The van der Waals surface area contributed by atoms with Crippen LogP contribution in [0.5, 0.6) is 0 Å². The molecule has 0 saturated heterocycles. The molecule has 0 atom stereocenters. The predicted octanol–water partition coefficient (Wildman–Crippen LogP) is 2.81. The maximum absolute atomic E-state index is 11.7. The highest BCUT2D eigenvalue weighted by Crippen LogP contribution is 2.23. The molecular weight excluding hydrogens is 306 g/mol. The summed E-state index contributed by atoms with van der Waals surface area (Å²) in [6.07, 6.45) is 4.92. The van der Waals surface area contributed by atoms with Gasteiger partial charge in [0.1, 0.15) is 18.0 Å². The Morgan fingerprint density at radius 1 is 1.25 bits per heavy atom. The fourth-order valence-electron chi connectivity index (χ4n) is 2.39. The van der Waals surface area contributed by atoms with E-state index in [9.17, 15) is 4.79 Å². The van der Waals surface area contributed by atoms with Crippen molar-refractivity contribution in [3.63, 3.8) is 0 Å². The van der Waals surface area contributed by atoms with Gasteiger partial charge in [-0.2, -0.15) is 0 Å². The Bertz CT molecular complexity index is 855. The summed E-state index contributed by atoms with van der Waals surface area (Å²) in [4.78, 5) is 24.7. The molecule has 1 N–H and O–H groups in total. The molecule has 3 heterocycles. The molecule has 0 saturated carbocycles. The normalized spacial score (nSPS) is 11.0. The SMILES string of the molecule is CCOC(=O)c1ccc(-n2ccc3c(NC(C)C)ncnc32)nc1. The molecule has 0 fully saturated rings. The zero-order chi connectivity index (χ0) is 17.1. The van der Waals surface area contributed by atoms with Gasteiger partial charge in [-0.05, 0) is 39.0 Å². The lowest BCUT2D eigenvalue weighted by Crippen LogP contribution is -2.11. The molecule has 0 aliphatic carbocycles. The largest absolute Gasteiger partial charge is 0.462 e. The maximum Gasteiger partial charge on any atom is 0.339 e. The minimum absolute atomic E-state index is 0.272. The lowest BCUT2D eigenvalue weighted by atomic mass is 10.3. The van der Waals surface area contributed by atoms with E-state index in [4.69, 9.17) is 4.74 Å². The van der Waals surface area contributed by atoms with Crippen molar-refractivity contribution < 1.29 is 9.53 Å². The number of carbonyl (C=O) groups is 1. The van der Waals surface area contributed by atoms with Crippen LogP contribution >= 0.6 is 0 Å². The molecule has 0 aliphatic rings. The Morgan fingerprint density at radius 2 is 2.08 bits per heavy atom. The number of fused-ring (bicyclic) bond motifs is 1. The van der Waals surface area contributed by atoms with Crippen LogP contribution in [-0.4, -0.2) is 38.1 Å². The minimum Gasteiger partial charge on any atom is -0.462 e. The van der Waals surface area contributed by atoms with E-state index in [1.807, 2.05) is 16.8 Å². The molecular formula is C17H19N5O2. The number of nitrogens with zero attached hydrogens (tertiary/aromatic N) is 4. The zero-order valence-electron chi connectivity index (χ0n) is 13.9. The number of esters is 1. The number of carbonyl (C=O) groups excluding carboxylic acids is 1. The number of nitrogens with one attached hydrogen (secondary N) is 1. The van der Waals surface area contributed by atoms with Crippen LogP contribution < -0.4 is 5.32 Å². The Hall–Kier alpha value is -2.96. The van der Waals surface area contributed by atoms with Crippen molar-refractivity contribution in [2.75, 3.05) is 11.9 Å². The van der Waals surface area contributed by atoms with Gasteiger partial charge in [0.05, 0.1) is 17.6 Å². The fourth-order valence-corrected chi connectivity index (χ4v) is 2.39. The molecule has 0 aliphatic heterocycles. The van der Waals surface area contributed by atoms with Crippen LogP contribution in [0.1, 0.15) is 31.1 Å². The van der Waals surface area contributed by atoms with Gasteiger partial charge in [0, 0.05) is 18.4 Å². The average Bonchev–Trinajstić information content (AvgIpc) is 3.00. The van der Waals surface area contributed by atoms with E-state index in [-0.39, 0.29) is 12.0 Å². The quantitative estimate of drug-likeness (QED) is 0.726. The van der Waals surface area contributed by atoms with Crippen LogP contribution in [-0.2, 0) is 4.74 Å². The van der Waals surface area contributed by atoms with Crippen molar-refractivity contribution in [2.45, 2.75) is 26.8 Å². The van der Waals surface area contributed by atoms with E-state index in [0.717, 1.165) is 16.9 Å². The van der Waals surface area contributed by atoms with Crippen molar-refractivity contribution in [3.8, 4) is 5.82 Å². The van der Waals surface area contributed by atoms with Crippen LogP contribution in [0.25, 0.3) is 16.9 Å². The van der Waals surface area contributed by atoms with Gasteiger partial charge < -0.3 is 10.1 Å². The smallest absolute Gasteiger partial charge is 0.339 e. The molecule has 124 valence electrons. The monoisotopic (exact) mass is 325 g/mol. The van der Waals surface area contributed by atoms with Crippen molar-refractivity contribution in [1.29, 1.82) is 0 Å². The number of pyridine rings is 1. The number of anilines is 1. The number of ether oxygens (including phenoxy) is 1. The van der Waals surface area contributed by atoms with E-state index < -0.39 is 0 Å². The molecule has 7 heteroatoms. The second-order valence-corrected chi connectivity index (χ2v) is 5.57. The van der Waals surface area contributed by atoms with Crippen molar-refractivity contribution in [3.05, 3.63) is 42.5 Å². The van der Waals surface area contributed by atoms with Crippen LogP contribution in [0.15, 0.2) is 36.9 Å². The van der Waals surface area contributed by atoms with E-state index in [1.165, 1.54) is 12.5 Å². The first-order valence-electron chi connectivity index (χ1n) is 7.82. The summed E-state index contributed by atoms with van der Waals surface area (Å²) in [7, 11) is 0. The standard InChI is InChI=1S/C17H19N5O2/c1-4-24-17(23)12-5-6-14(18-9-12)22-8-7-13-15(21-11(2)3)19-10-20-16(13)22/h5-11H,4H2,1-3H3,(H,19,20,21). The van der Waals surface area contributed by atoms with Gasteiger partial charge in [0.15, 0.2) is 5.65 Å². The molecule has 0 bridgehead atoms. The van der Waals surface area contributed by atoms with E-state index in [0.29, 0.717) is 18.0 Å². The molecule has 0 unspecified atom stereocenters. The Labute approximate surface area is 139 Å². The van der Waals surface area contributed by atoms with Crippen molar-refractivity contribution in [1.82, 2.24) is 19.5 Å². The third-order valence-electron chi connectivity index (χ3n) is 3.41. The summed E-state index contributed by atoms with van der Waals surface area (Å²) in [6, 6.07) is 5.68. The second kappa shape index (κ2) is 6.66. The van der Waals surface area contributed by atoms with Crippen molar-refractivity contribution >= 4 is 22.8 Å². The highest BCUT2D eigenvalue weighted by Gasteiger charge is 2.12. The second-order valence-electron chi connectivity index (χ2n) is 5.57. The van der Waals surface area contributed by atoms with E-state index >= 15 is 0 Å². The van der Waals surface area contributed by atoms with E-state index in [1.54, 1.807) is 19.1 Å². The fraction of sp³-hybridized carbons (Fsp3) is 0.294. The van der Waals surface area contributed by atoms with Crippen LogP contribution in [0.3, 0.4) is 0 Å². The van der Waals surface area contributed by atoms with Gasteiger partial charge in [-0.25, -0.2) is 19.7 Å². The molecule has 0 aromatic carbocycles. The maximum atomic E-state index is 11.7. The van der Waals surface area contributed by atoms with Gasteiger partial charge >= 0.3 is 5.97 Å². The van der Waals surface area contributed by atoms with Crippen LogP contribution in [0.2, 0.25) is 0 Å². The first-order chi connectivity index (χ1) is 11.6. The number of rotatable bonds is 5. The van der Waals surface area contributed by atoms with Gasteiger partial charge in [-0.15, -0.1) is 0 Å². The number of hydrogen-bond acceptors (Lipinski definition) is 6. The summed E-state index contributed by atoms with van der Waals surface area (Å²) in [5.41, 5.74) is 1.18. The van der Waals surface area contributed by atoms with Gasteiger partial charge in [0.25, 0.3) is 0 Å². The Morgan fingerprint density at radius 3 is 2.75 bits per heavy atom. The first kappa shape index (κ1) is 15.9. The summed E-state index contributed by atoms with van der Waals surface area (Å²) in [5, 5.41) is 4.22. The Balaban J connectivity index is 1.96. The summed E-state index contributed by atoms with van der Waals surface area (Å²) in [6.45, 7) is 6.22. The van der Waals surface area contributed by atoms with E-state index in [2.05, 4.69) is 34.1 Å². The zero-order valence-corrected chi connectivity index (χ0v) is 13.9. The summed E-state index contributed by atoms with van der Waals surface area (Å²) < 4.78 is 6.83. The molecule has 0 radical (unpaired) electrons. The number of hydrogen-bond donors (Lipinski definition) is 1. The molecule has 3 rings (SSSR count). The first-order valence-corrected chi connectivity index (χ1v) is 7.82. The molecule has 24 heavy (non-hydrogen) atoms. The highest BCUT2D eigenvalue weighted by molar-refractivity contribution is 5.90. The third-order valence-corrected chi connectivity index (χ3v) is 3.41. The molecule has 0 spiro atoms. The van der Waals surface area contributed by atoms with Gasteiger partial charge in [-0.1, -0.05) is 0 Å².